The molecular weight excluding hydrogens is 206 g/mol. The second kappa shape index (κ2) is 4.41. The molecule has 0 aromatic heterocycles. The fourth-order valence-electron chi connectivity index (χ4n) is 0.872. The van der Waals surface area contributed by atoms with Gasteiger partial charge in [0.1, 0.15) is 5.75 Å². The van der Waals surface area contributed by atoms with Gasteiger partial charge in [-0.15, -0.1) is 0 Å². The standard InChI is InChI=1S/C8H11NO4S/c1-12-8-4-2-7(3-5-8)6-13-14(9,10)11/h2-5H,6H2,1H3,(H2,9,10,11). The van der Waals surface area contributed by atoms with Gasteiger partial charge in [-0.25, -0.2) is 5.14 Å². The molecule has 0 unspecified atom stereocenters. The van der Waals surface area contributed by atoms with E-state index in [2.05, 4.69) is 9.32 Å². The molecule has 0 atom stereocenters. The summed E-state index contributed by atoms with van der Waals surface area (Å²) in [7, 11) is -2.32. The summed E-state index contributed by atoms with van der Waals surface area (Å²) >= 11 is 0. The summed E-state index contributed by atoms with van der Waals surface area (Å²) in [6.07, 6.45) is 0. The number of rotatable bonds is 4. The van der Waals surface area contributed by atoms with Gasteiger partial charge in [0, 0.05) is 0 Å². The van der Waals surface area contributed by atoms with Gasteiger partial charge in [0.05, 0.1) is 13.7 Å². The van der Waals surface area contributed by atoms with Gasteiger partial charge in [-0.3, -0.25) is 4.18 Å². The Morgan fingerprint density at radius 2 is 1.86 bits per heavy atom. The summed E-state index contributed by atoms with van der Waals surface area (Å²) < 4.78 is 30.2. The minimum Gasteiger partial charge on any atom is -0.497 e. The third kappa shape index (κ3) is 3.73. The van der Waals surface area contributed by atoms with Crippen molar-refractivity contribution in [1.29, 1.82) is 0 Å². The quantitative estimate of drug-likeness (QED) is 0.792. The van der Waals surface area contributed by atoms with Crippen molar-refractivity contribution in [3.05, 3.63) is 29.8 Å². The number of hydrogen-bond acceptors (Lipinski definition) is 4. The van der Waals surface area contributed by atoms with E-state index in [0.29, 0.717) is 11.3 Å². The third-order valence-corrected chi connectivity index (χ3v) is 2.00. The van der Waals surface area contributed by atoms with Crippen molar-refractivity contribution >= 4 is 10.3 Å². The molecule has 0 aliphatic heterocycles. The Morgan fingerprint density at radius 3 is 2.29 bits per heavy atom. The molecule has 78 valence electrons. The van der Waals surface area contributed by atoms with E-state index in [9.17, 15) is 8.42 Å². The van der Waals surface area contributed by atoms with E-state index in [-0.39, 0.29) is 6.61 Å². The first-order chi connectivity index (χ1) is 6.51. The predicted molar refractivity (Wildman–Crippen MR) is 50.9 cm³/mol. The highest BCUT2D eigenvalue weighted by Crippen LogP contribution is 2.12. The van der Waals surface area contributed by atoms with Crippen LogP contribution in [0.2, 0.25) is 0 Å². The highest BCUT2D eigenvalue weighted by atomic mass is 32.2. The van der Waals surface area contributed by atoms with Gasteiger partial charge in [-0.1, -0.05) is 12.1 Å². The largest absolute Gasteiger partial charge is 0.497 e. The van der Waals surface area contributed by atoms with Crippen LogP contribution in [0.5, 0.6) is 5.75 Å². The van der Waals surface area contributed by atoms with Crippen LogP contribution in [0.3, 0.4) is 0 Å². The van der Waals surface area contributed by atoms with Gasteiger partial charge in [0.2, 0.25) is 0 Å². The average molecular weight is 217 g/mol. The molecule has 6 heteroatoms. The van der Waals surface area contributed by atoms with Crippen LogP contribution in [-0.4, -0.2) is 15.5 Å². The van der Waals surface area contributed by atoms with Crippen LogP contribution in [0.15, 0.2) is 24.3 Å². The van der Waals surface area contributed by atoms with Crippen molar-refractivity contribution in [2.24, 2.45) is 5.14 Å². The summed E-state index contributed by atoms with van der Waals surface area (Å²) in [5.41, 5.74) is 0.708. The molecule has 2 N–H and O–H groups in total. The zero-order valence-electron chi connectivity index (χ0n) is 7.64. The summed E-state index contributed by atoms with van der Waals surface area (Å²) in [6.45, 7) is -0.0666. The van der Waals surface area contributed by atoms with E-state index in [1.165, 1.54) is 0 Å². The summed E-state index contributed by atoms with van der Waals surface area (Å²) in [6, 6.07) is 6.82. The first-order valence-corrected chi connectivity index (χ1v) is 5.28. The number of ether oxygens (including phenoxy) is 1. The third-order valence-electron chi connectivity index (χ3n) is 1.55. The lowest BCUT2D eigenvalue weighted by atomic mass is 10.2. The van der Waals surface area contributed by atoms with Crippen LogP contribution >= 0.6 is 0 Å². The van der Waals surface area contributed by atoms with E-state index < -0.39 is 10.3 Å². The molecule has 0 amide bonds. The van der Waals surface area contributed by atoms with Crippen LogP contribution < -0.4 is 9.88 Å². The fourth-order valence-corrected chi connectivity index (χ4v) is 1.17. The Hall–Kier alpha value is -1.11. The molecule has 0 aliphatic rings. The monoisotopic (exact) mass is 217 g/mol. The van der Waals surface area contributed by atoms with Gasteiger partial charge < -0.3 is 4.74 Å². The zero-order valence-corrected chi connectivity index (χ0v) is 8.45. The molecule has 0 saturated heterocycles. The maximum atomic E-state index is 10.5. The summed E-state index contributed by atoms with van der Waals surface area (Å²) in [5.74, 6) is 0.698. The Kier molecular flexibility index (Phi) is 3.45. The van der Waals surface area contributed by atoms with Gasteiger partial charge in [-0.05, 0) is 17.7 Å². The van der Waals surface area contributed by atoms with E-state index in [4.69, 9.17) is 4.74 Å². The second-order valence-corrected chi connectivity index (χ2v) is 3.82. The van der Waals surface area contributed by atoms with Crippen LogP contribution in [0.25, 0.3) is 0 Å². The SMILES string of the molecule is COc1ccc(COS(N)(=O)=O)cc1. The van der Waals surface area contributed by atoms with Gasteiger partial charge in [0.25, 0.3) is 0 Å². The molecule has 0 saturated carbocycles. The smallest absolute Gasteiger partial charge is 0.333 e. The van der Waals surface area contributed by atoms with E-state index >= 15 is 0 Å². The predicted octanol–water partition coefficient (Wildman–Crippen LogP) is 0.415. The fraction of sp³-hybridized carbons (Fsp3) is 0.250. The van der Waals surface area contributed by atoms with Gasteiger partial charge >= 0.3 is 10.3 Å². The number of nitrogens with two attached hydrogens (primary N) is 1. The topological polar surface area (TPSA) is 78.6 Å². The maximum absolute atomic E-state index is 10.5. The van der Waals surface area contributed by atoms with Crippen LogP contribution in [0.4, 0.5) is 0 Å². The molecule has 0 aliphatic carbocycles. The highest BCUT2D eigenvalue weighted by Gasteiger charge is 2.02. The average Bonchev–Trinajstić information content (AvgIpc) is 2.14. The van der Waals surface area contributed by atoms with Crippen molar-refractivity contribution in [3.63, 3.8) is 0 Å². The van der Waals surface area contributed by atoms with Crippen LogP contribution in [0, 0.1) is 0 Å². The van der Waals surface area contributed by atoms with Gasteiger partial charge in [-0.2, -0.15) is 8.42 Å². The first kappa shape index (κ1) is 11.0. The molecule has 5 nitrogen and oxygen atoms in total. The number of hydrogen-bond donors (Lipinski definition) is 1. The van der Waals surface area contributed by atoms with E-state index in [1.54, 1.807) is 31.4 Å². The lowest BCUT2D eigenvalue weighted by Gasteiger charge is -2.02. The zero-order chi connectivity index (χ0) is 10.6. The maximum Gasteiger partial charge on any atom is 0.333 e. The highest BCUT2D eigenvalue weighted by molar-refractivity contribution is 7.84. The lowest BCUT2D eigenvalue weighted by molar-refractivity contribution is 0.308. The molecule has 0 radical (unpaired) electrons. The first-order valence-electron chi connectivity index (χ1n) is 3.81. The molecule has 1 aromatic rings. The minimum absolute atomic E-state index is 0.0666. The Balaban J connectivity index is 2.61. The Bertz CT molecular complexity index is 384. The Morgan fingerprint density at radius 1 is 1.29 bits per heavy atom. The molecule has 1 aromatic carbocycles. The summed E-state index contributed by atoms with van der Waals surface area (Å²) in [5, 5.41) is 4.66. The molecule has 14 heavy (non-hydrogen) atoms. The molecular formula is C8H11NO4S. The minimum atomic E-state index is -3.87. The van der Waals surface area contributed by atoms with E-state index in [0.717, 1.165) is 0 Å². The number of methoxy groups -OCH3 is 1. The molecule has 0 spiro atoms. The van der Waals surface area contributed by atoms with Crippen molar-refractivity contribution in [1.82, 2.24) is 0 Å². The van der Waals surface area contributed by atoms with Crippen LogP contribution in [0.1, 0.15) is 5.56 Å². The molecule has 0 fully saturated rings. The second-order valence-electron chi connectivity index (χ2n) is 2.60. The van der Waals surface area contributed by atoms with Gasteiger partial charge in [0.15, 0.2) is 0 Å². The van der Waals surface area contributed by atoms with Crippen molar-refractivity contribution < 1.29 is 17.3 Å². The number of benzene rings is 1. The van der Waals surface area contributed by atoms with Crippen molar-refractivity contribution in [2.45, 2.75) is 6.61 Å². The van der Waals surface area contributed by atoms with Crippen LogP contribution in [-0.2, 0) is 21.1 Å². The van der Waals surface area contributed by atoms with E-state index in [1.807, 2.05) is 0 Å². The normalized spacial score (nSPS) is 11.3. The summed E-state index contributed by atoms with van der Waals surface area (Å²) in [4.78, 5) is 0. The lowest BCUT2D eigenvalue weighted by Crippen LogP contribution is -2.15. The molecule has 0 bridgehead atoms. The van der Waals surface area contributed by atoms with Crippen molar-refractivity contribution in [2.75, 3.05) is 7.11 Å². The Labute approximate surface area is 82.7 Å². The molecule has 1 rings (SSSR count). The van der Waals surface area contributed by atoms with Crippen molar-refractivity contribution in [3.8, 4) is 5.75 Å². The molecule has 0 heterocycles.